The summed E-state index contributed by atoms with van der Waals surface area (Å²) >= 11 is 0. The van der Waals surface area contributed by atoms with E-state index in [2.05, 4.69) is 14.7 Å². The quantitative estimate of drug-likeness (QED) is 0.719. The molecule has 9 heteroatoms. The number of alkyl halides is 3. The highest BCUT2D eigenvalue weighted by Crippen LogP contribution is 2.30. The van der Waals surface area contributed by atoms with Crippen molar-refractivity contribution in [2.75, 3.05) is 4.72 Å². The maximum atomic E-state index is 12.6. The van der Waals surface area contributed by atoms with Gasteiger partial charge in [-0.25, -0.2) is 18.4 Å². The van der Waals surface area contributed by atoms with E-state index in [0.717, 1.165) is 24.3 Å². The van der Waals surface area contributed by atoms with E-state index in [9.17, 15) is 21.6 Å². The van der Waals surface area contributed by atoms with Crippen molar-refractivity contribution in [3.8, 4) is 11.3 Å². The third-order valence-electron chi connectivity index (χ3n) is 3.68. The summed E-state index contributed by atoms with van der Waals surface area (Å²) in [6.07, 6.45) is -2.93. The van der Waals surface area contributed by atoms with Crippen molar-refractivity contribution < 1.29 is 21.6 Å². The summed E-state index contributed by atoms with van der Waals surface area (Å²) in [5.74, 6) is 0.572. The molecule has 0 aliphatic rings. The molecule has 0 saturated carbocycles. The average molecular weight is 393 g/mol. The van der Waals surface area contributed by atoms with Crippen LogP contribution in [0.2, 0.25) is 0 Å². The lowest BCUT2D eigenvalue weighted by atomic mass is 10.1. The van der Waals surface area contributed by atoms with Gasteiger partial charge in [0.05, 0.1) is 16.2 Å². The molecule has 0 unspecified atom stereocenters. The standard InChI is InChI=1S/C18H14F3N3O2S/c1-12-22-10-9-17(23-12)13-3-2-4-15(11-13)24-27(25,26)16-7-5-14(6-8-16)18(19,20)21/h2-11,24H,1H3. The first-order valence-electron chi connectivity index (χ1n) is 7.75. The Morgan fingerprint density at radius 3 is 2.33 bits per heavy atom. The van der Waals surface area contributed by atoms with Gasteiger partial charge in [-0.15, -0.1) is 0 Å². The SMILES string of the molecule is Cc1nccc(-c2cccc(NS(=O)(=O)c3ccc(C(F)(F)F)cc3)c2)n1. The second-order valence-corrected chi connectivity index (χ2v) is 7.38. The van der Waals surface area contributed by atoms with Gasteiger partial charge in [0, 0.05) is 17.4 Å². The molecule has 3 rings (SSSR count). The highest BCUT2D eigenvalue weighted by Gasteiger charge is 2.30. The minimum absolute atomic E-state index is 0.265. The number of nitrogens with one attached hydrogen (secondary N) is 1. The fourth-order valence-electron chi connectivity index (χ4n) is 2.40. The summed E-state index contributed by atoms with van der Waals surface area (Å²) in [4.78, 5) is 8.02. The molecule has 0 amide bonds. The Bertz CT molecular complexity index is 1070. The van der Waals surface area contributed by atoms with Crippen molar-refractivity contribution in [3.05, 3.63) is 72.2 Å². The zero-order valence-electron chi connectivity index (χ0n) is 14.0. The molecule has 1 heterocycles. The molecule has 5 nitrogen and oxygen atoms in total. The number of hydrogen-bond donors (Lipinski definition) is 1. The lowest BCUT2D eigenvalue weighted by Crippen LogP contribution is -2.13. The number of anilines is 1. The molecule has 0 fully saturated rings. The van der Waals surface area contributed by atoms with Crippen LogP contribution in [-0.4, -0.2) is 18.4 Å². The van der Waals surface area contributed by atoms with Crippen LogP contribution in [0.25, 0.3) is 11.3 Å². The summed E-state index contributed by atoms with van der Waals surface area (Å²) < 4.78 is 65.1. The molecule has 0 spiro atoms. The molecular weight excluding hydrogens is 379 g/mol. The van der Waals surface area contributed by atoms with Crippen LogP contribution in [0.15, 0.2) is 65.7 Å². The number of sulfonamides is 1. The first-order valence-corrected chi connectivity index (χ1v) is 9.24. The maximum Gasteiger partial charge on any atom is 0.416 e. The second kappa shape index (κ2) is 6.99. The lowest BCUT2D eigenvalue weighted by molar-refractivity contribution is -0.137. The maximum absolute atomic E-state index is 12.6. The van der Waals surface area contributed by atoms with Crippen molar-refractivity contribution in [3.63, 3.8) is 0 Å². The molecule has 1 aromatic heterocycles. The van der Waals surface area contributed by atoms with Crippen molar-refractivity contribution in [2.24, 2.45) is 0 Å². The number of benzene rings is 2. The van der Waals surface area contributed by atoms with E-state index < -0.39 is 21.8 Å². The monoisotopic (exact) mass is 393 g/mol. The number of hydrogen-bond acceptors (Lipinski definition) is 4. The van der Waals surface area contributed by atoms with Gasteiger partial charge in [0.2, 0.25) is 0 Å². The Kier molecular flexibility index (Phi) is 4.88. The molecule has 0 saturated heterocycles. The van der Waals surface area contributed by atoms with Gasteiger partial charge in [-0.05, 0) is 49.4 Å². The molecule has 0 aliphatic carbocycles. The molecule has 0 bridgehead atoms. The van der Waals surface area contributed by atoms with E-state index in [4.69, 9.17) is 0 Å². The smallest absolute Gasteiger partial charge is 0.280 e. The molecule has 1 N–H and O–H groups in total. The second-order valence-electron chi connectivity index (χ2n) is 5.70. The number of aromatic nitrogens is 2. The van der Waals surface area contributed by atoms with Crippen LogP contribution < -0.4 is 4.72 Å². The lowest BCUT2D eigenvalue weighted by Gasteiger charge is -2.11. The predicted molar refractivity (Wildman–Crippen MR) is 94.5 cm³/mol. The number of aryl methyl sites for hydroxylation is 1. The van der Waals surface area contributed by atoms with Crippen molar-refractivity contribution in [2.45, 2.75) is 18.0 Å². The molecule has 0 radical (unpaired) electrons. The summed E-state index contributed by atoms with van der Waals surface area (Å²) in [7, 11) is -4.03. The van der Waals surface area contributed by atoms with E-state index in [1.54, 1.807) is 43.5 Å². The minimum atomic E-state index is -4.53. The zero-order valence-corrected chi connectivity index (χ0v) is 14.8. The molecule has 0 aliphatic heterocycles. The van der Waals surface area contributed by atoms with Gasteiger partial charge in [-0.1, -0.05) is 12.1 Å². The summed E-state index contributed by atoms with van der Waals surface area (Å²) in [5.41, 5.74) is 0.650. The van der Waals surface area contributed by atoms with Crippen LogP contribution in [0, 0.1) is 6.92 Å². The van der Waals surface area contributed by atoms with Gasteiger partial charge in [0.25, 0.3) is 10.0 Å². The van der Waals surface area contributed by atoms with Gasteiger partial charge < -0.3 is 0 Å². The van der Waals surface area contributed by atoms with E-state index >= 15 is 0 Å². The van der Waals surface area contributed by atoms with Crippen LogP contribution in [0.3, 0.4) is 0 Å². The van der Waals surface area contributed by atoms with Crippen LogP contribution in [-0.2, 0) is 16.2 Å². The highest BCUT2D eigenvalue weighted by atomic mass is 32.2. The zero-order chi connectivity index (χ0) is 19.7. The Balaban J connectivity index is 1.87. The predicted octanol–water partition coefficient (Wildman–Crippen LogP) is 4.27. The fraction of sp³-hybridized carbons (Fsp3) is 0.111. The molecule has 0 atom stereocenters. The number of rotatable bonds is 4. The van der Waals surface area contributed by atoms with Gasteiger partial charge >= 0.3 is 6.18 Å². The van der Waals surface area contributed by atoms with Gasteiger partial charge in [0.15, 0.2) is 0 Å². The fourth-order valence-corrected chi connectivity index (χ4v) is 3.45. The Morgan fingerprint density at radius 1 is 1.00 bits per heavy atom. The normalized spacial score (nSPS) is 12.0. The average Bonchev–Trinajstić information content (AvgIpc) is 2.61. The largest absolute Gasteiger partial charge is 0.416 e. The topological polar surface area (TPSA) is 72.0 Å². The minimum Gasteiger partial charge on any atom is -0.280 e. The van der Waals surface area contributed by atoms with Gasteiger partial charge in [-0.3, -0.25) is 4.72 Å². The van der Waals surface area contributed by atoms with Crippen molar-refractivity contribution in [1.29, 1.82) is 0 Å². The van der Waals surface area contributed by atoms with Gasteiger partial charge in [-0.2, -0.15) is 13.2 Å². The van der Waals surface area contributed by atoms with Crippen molar-refractivity contribution >= 4 is 15.7 Å². The first kappa shape index (κ1) is 18.8. The van der Waals surface area contributed by atoms with Crippen molar-refractivity contribution in [1.82, 2.24) is 9.97 Å². The van der Waals surface area contributed by atoms with Crippen LogP contribution in [0.5, 0.6) is 0 Å². The first-order chi connectivity index (χ1) is 12.6. The molecule has 2 aromatic carbocycles. The van der Waals surface area contributed by atoms with Crippen LogP contribution >= 0.6 is 0 Å². The Labute approximate surface area is 154 Å². The van der Waals surface area contributed by atoms with Crippen LogP contribution in [0.4, 0.5) is 18.9 Å². The molecule has 27 heavy (non-hydrogen) atoms. The van der Waals surface area contributed by atoms with E-state index in [0.29, 0.717) is 17.1 Å². The third-order valence-corrected chi connectivity index (χ3v) is 5.08. The molecular formula is C18H14F3N3O2S. The Morgan fingerprint density at radius 2 is 1.70 bits per heavy atom. The third kappa shape index (κ3) is 4.43. The van der Waals surface area contributed by atoms with Gasteiger partial charge in [0.1, 0.15) is 5.82 Å². The summed E-state index contributed by atoms with van der Waals surface area (Å²) in [5, 5.41) is 0. The van der Waals surface area contributed by atoms with Crippen LogP contribution in [0.1, 0.15) is 11.4 Å². The number of halogens is 3. The Hall–Kier alpha value is -2.94. The summed E-state index contributed by atoms with van der Waals surface area (Å²) in [6, 6.07) is 11.5. The van der Waals surface area contributed by atoms with E-state index in [1.807, 2.05) is 0 Å². The molecule has 140 valence electrons. The summed E-state index contributed by atoms with van der Waals surface area (Å²) in [6.45, 7) is 1.74. The van der Waals surface area contributed by atoms with E-state index in [1.165, 1.54) is 0 Å². The molecule has 3 aromatic rings. The highest BCUT2D eigenvalue weighted by molar-refractivity contribution is 7.92. The number of nitrogens with zero attached hydrogens (tertiary/aromatic N) is 2. The van der Waals surface area contributed by atoms with E-state index in [-0.39, 0.29) is 10.6 Å².